The van der Waals surface area contributed by atoms with Gasteiger partial charge in [-0.15, -0.1) is 0 Å². The van der Waals surface area contributed by atoms with Gasteiger partial charge in [0.05, 0.1) is 24.9 Å². The van der Waals surface area contributed by atoms with E-state index in [4.69, 9.17) is 10.5 Å². The number of ether oxygens (including phenoxy) is 1. The second-order valence-electron chi connectivity index (χ2n) is 3.11. The third-order valence-corrected chi connectivity index (χ3v) is 1.76. The Labute approximate surface area is 88.2 Å². The van der Waals surface area contributed by atoms with Crippen molar-refractivity contribution in [2.75, 3.05) is 24.3 Å². The number of nitrogens with one attached hydrogen (secondary N) is 2. The summed E-state index contributed by atoms with van der Waals surface area (Å²) in [5, 5.41) is 8.88. The summed E-state index contributed by atoms with van der Waals surface area (Å²) in [5.74, 6) is 0.303. The summed E-state index contributed by atoms with van der Waals surface area (Å²) in [6.07, 6.45) is 2.72. The molecular formula is C9H16N4O2. The van der Waals surface area contributed by atoms with Gasteiger partial charge in [0.2, 0.25) is 5.91 Å². The fourth-order valence-corrected chi connectivity index (χ4v) is 1.01. The fraction of sp³-hybridized carbons (Fsp3) is 0.556. The van der Waals surface area contributed by atoms with Crippen LogP contribution in [0.25, 0.3) is 0 Å². The summed E-state index contributed by atoms with van der Waals surface area (Å²) < 4.78 is 5.18. The third-order valence-electron chi connectivity index (χ3n) is 1.76. The Morgan fingerprint density at radius 2 is 2.47 bits per heavy atom. The molecule has 4 N–H and O–H groups in total. The van der Waals surface area contributed by atoms with Crippen molar-refractivity contribution in [3.63, 3.8) is 0 Å². The largest absolute Gasteiger partial charge is 0.394 e. The van der Waals surface area contributed by atoms with Crippen LogP contribution in [0.1, 0.15) is 19.8 Å². The predicted octanol–water partition coefficient (Wildman–Crippen LogP) is 0.747. The lowest BCUT2D eigenvalue weighted by atomic mass is 10.4. The number of carbonyl (C=O) groups excluding carboxylic acids is 1. The number of aromatic nitrogens is 2. The van der Waals surface area contributed by atoms with E-state index in [1.165, 1.54) is 6.20 Å². The minimum Gasteiger partial charge on any atom is -0.394 e. The third kappa shape index (κ3) is 3.99. The molecule has 6 nitrogen and oxygen atoms in total. The summed E-state index contributed by atoms with van der Waals surface area (Å²) in [7, 11) is 0. The molecule has 0 aromatic carbocycles. The van der Waals surface area contributed by atoms with Gasteiger partial charge in [0.15, 0.2) is 5.82 Å². The number of H-pyrrole nitrogens is 1. The van der Waals surface area contributed by atoms with Crippen molar-refractivity contribution in [2.24, 2.45) is 0 Å². The minimum absolute atomic E-state index is 0.137. The highest BCUT2D eigenvalue weighted by atomic mass is 16.5. The average molecular weight is 212 g/mol. The highest BCUT2D eigenvalue weighted by molar-refractivity contribution is 5.92. The van der Waals surface area contributed by atoms with Gasteiger partial charge in [-0.1, -0.05) is 6.92 Å². The van der Waals surface area contributed by atoms with Crippen molar-refractivity contribution in [3.8, 4) is 0 Å². The number of amides is 1. The first-order valence-electron chi connectivity index (χ1n) is 4.90. The van der Waals surface area contributed by atoms with E-state index >= 15 is 0 Å². The first kappa shape index (κ1) is 11.5. The molecule has 1 heterocycles. The summed E-state index contributed by atoms with van der Waals surface area (Å²) in [4.78, 5) is 11.3. The van der Waals surface area contributed by atoms with E-state index in [0.29, 0.717) is 31.1 Å². The Bertz CT molecular complexity index is 311. The first-order chi connectivity index (χ1) is 7.24. The molecule has 0 fully saturated rings. The molecular weight excluding hydrogens is 196 g/mol. The SMILES string of the molecule is CCCOCCC(=O)Nc1[nH]ncc1N. The highest BCUT2D eigenvalue weighted by Crippen LogP contribution is 2.12. The molecule has 6 heteroatoms. The molecule has 0 bridgehead atoms. The standard InChI is InChI=1S/C9H16N4O2/c1-2-4-15-5-3-8(14)12-9-7(10)6-11-13-9/h6H,2-5,10H2,1H3,(H2,11,12,13,14). The van der Waals surface area contributed by atoms with Gasteiger partial charge in [0, 0.05) is 6.61 Å². The molecule has 0 spiro atoms. The van der Waals surface area contributed by atoms with Gasteiger partial charge in [-0.25, -0.2) is 0 Å². The van der Waals surface area contributed by atoms with E-state index < -0.39 is 0 Å². The molecule has 84 valence electrons. The Balaban J connectivity index is 2.22. The maximum Gasteiger partial charge on any atom is 0.227 e. The lowest BCUT2D eigenvalue weighted by molar-refractivity contribution is -0.117. The van der Waals surface area contributed by atoms with Crippen LogP contribution in [-0.4, -0.2) is 29.3 Å². The molecule has 0 aliphatic heterocycles. The van der Waals surface area contributed by atoms with Crippen molar-refractivity contribution in [3.05, 3.63) is 6.20 Å². The van der Waals surface area contributed by atoms with E-state index in [1.54, 1.807) is 0 Å². The Morgan fingerprint density at radius 3 is 3.07 bits per heavy atom. The summed E-state index contributed by atoms with van der Waals surface area (Å²) in [6.45, 7) is 3.12. The molecule has 15 heavy (non-hydrogen) atoms. The van der Waals surface area contributed by atoms with Gasteiger partial charge in [0.25, 0.3) is 0 Å². The van der Waals surface area contributed by atoms with Gasteiger partial charge < -0.3 is 15.8 Å². The zero-order chi connectivity index (χ0) is 11.1. The first-order valence-corrected chi connectivity index (χ1v) is 4.90. The number of nitrogen functional groups attached to an aromatic ring is 1. The maximum absolute atomic E-state index is 11.3. The number of rotatable bonds is 6. The van der Waals surface area contributed by atoms with Crippen molar-refractivity contribution in [1.82, 2.24) is 10.2 Å². The zero-order valence-corrected chi connectivity index (χ0v) is 8.75. The van der Waals surface area contributed by atoms with E-state index in [1.807, 2.05) is 6.92 Å². The number of aromatic amines is 1. The van der Waals surface area contributed by atoms with Crippen LogP contribution in [0.15, 0.2) is 6.20 Å². The van der Waals surface area contributed by atoms with Crippen molar-refractivity contribution < 1.29 is 9.53 Å². The average Bonchev–Trinajstić information content (AvgIpc) is 2.59. The number of hydrogen-bond acceptors (Lipinski definition) is 4. The van der Waals surface area contributed by atoms with E-state index in [0.717, 1.165) is 6.42 Å². The van der Waals surface area contributed by atoms with Crippen LogP contribution in [0.5, 0.6) is 0 Å². The summed E-state index contributed by atoms with van der Waals surface area (Å²) in [5.41, 5.74) is 5.95. The van der Waals surface area contributed by atoms with Crippen molar-refractivity contribution >= 4 is 17.4 Å². The molecule has 1 aromatic heterocycles. The minimum atomic E-state index is -0.137. The monoisotopic (exact) mass is 212 g/mol. The van der Waals surface area contributed by atoms with Crippen LogP contribution in [-0.2, 0) is 9.53 Å². The van der Waals surface area contributed by atoms with Gasteiger partial charge in [-0.05, 0) is 6.42 Å². The lowest BCUT2D eigenvalue weighted by Crippen LogP contribution is -2.15. The molecule has 1 amide bonds. The normalized spacial score (nSPS) is 10.2. The molecule has 0 unspecified atom stereocenters. The van der Waals surface area contributed by atoms with E-state index in [2.05, 4.69) is 15.5 Å². The number of carbonyl (C=O) groups is 1. The second-order valence-corrected chi connectivity index (χ2v) is 3.11. The van der Waals surface area contributed by atoms with Crippen LogP contribution in [0.3, 0.4) is 0 Å². The smallest absolute Gasteiger partial charge is 0.227 e. The molecule has 1 rings (SSSR count). The van der Waals surface area contributed by atoms with Crippen LogP contribution in [0, 0.1) is 0 Å². The topological polar surface area (TPSA) is 93.0 Å². The highest BCUT2D eigenvalue weighted by Gasteiger charge is 2.05. The summed E-state index contributed by atoms with van der Waals surface area (Å²) in [6, 6.07) is 0. The zero-order valence-electron chi connectivity index (χ0n) is 8.75. The van der Waals surface area contributed by atoms with Crippen LogP contribution < -0.4 is 11.1 Å². The quantitative estimate of drug-likeness (QED) is 0.606. The Hall–Kier alpha value is -1.56. The van der Waals surface area contributed by atoms with Gasteiger partial charge in [-0.2, -0.15) is 5.10 Å². The Kier molecular flexibility index (Phi) is 4.62. The van der Waals surface area contributed by atoms with Gasteiger partial charge in [-0.3, -0.25) is 9.89 Å². The van der Waals surface area contributed by atoms with Gasteiger partial charge >= 0.3 is 0 Å². The fourth-order valence-electron chi connectivity index (χ4n) is 1.01. The van der Waals surface area contributed by atoms with Crippen LogP contribution in [0.4, 0.5) is 11.5 Å². The van der Waals surface area contributed by atoms with Crippen molar-refractivity contribution in [1.29, 1.82) is 0 Å². The van der Waals surface area contributed by atoms with E-state index in [-0.39, 0.29) is 5.91 Å². The van der Waals surface area contributed by atoms with Crippen LogP contribution >= 0.6 is 0 Å². The predicted molar refractivity (Wildman–Crippen MR) is 57.4 cm³/mol. The molecule has 0 aliphatic rings. The Morgan fingerprint density at radius 1 is 1.67 bits per heavy atom. The molecule has 1 aromatic rings. The van der Waals surface area contributed by atoms with Gasteiger partial charge in [0.1, 0.15) is 0 Å². The molecule has 0 saturated carbocycles. The summed E-state index contributed by atoms with van der Waals surface area (Å²) >= 11 is 0. The number of hydrogen-bond donors (Lipinski definition) is 3. The number of anilines is 2. The molecule has 0 radical (unpaired) electrons. The molecule has 0 atom stereocenters. The maximum atomic E-state index is 11.3. The molecule has 0 saturated heterocycles. The number of nitrogens with zero attached hydrogens (tertiary/aromatic N) is 1. The van der Waals surface area contributed by atoms with Crippen molar-refractivity contribution in [2.45, 2.75) is 19.8 Å². The van der Waals surface area contributed by atoms with E-state index in [9.17, 15) is 4.79 Å². The molecule has 0 aliphatic carbocycles. The van der Waals surface area contributed by atoms with Crippen LogP contribution in [0.2, 0.25) is 0 Å². The number of nitrogens with two attached hydrogens (primary N) is 1. The lowest BCUT2D eigenvalue weighted by Gasteiger charge is -2.04. The second kappa shape index (κ2) is 6.02.